The SMILES string of the molecule is COc1ccc(-c2nc3c(c(SCC(=O)Nc4c(C)cccc4C)n2)Cc2ccccc2O3)cc1. The molecule has 0 bridgehead atoms. The minimum absolute atomic E-state index is 0.0807. The monoisotopic (exact) mass is 483 g/mol. The van der Waals surface area contributed by atoms with Crippen LogP contribution in [0.4, 0.5) is 5.69 Å². The van der Waals surface area contributed by atoms with E-state index in [0.29, 0.717) is 18.1 Å². The number of anilines is 1. The van der Waals surface area contributed by atoms with Gasteiger partial charge in [-0.2, -0.15) is 4.98 Å². The Morgan fingerprint density at radius 3 is 2.49 bits per heavy atom. The summed E-state index contributed by atoms with van der Waals surface area (Å²) in [5.74, 6) is 2.77. The van der Waals surface area contributed by atoms with E-state index >= 15 is 0 Å². The average Bonchev–Trinajstić information content (AvgIpc) is 2.88. The topological polar surface area (TPSA) is 73.3 Å². The van der Waals surface area contributed by atoms with Gasteiger partial charge in [0.2, 0.25) is 11.8 Å². The molecule has 0 radical (unpaired) electrons. The Balaban J connectivity index is 1.45. The summed E-state index contributed by atoms with van der Waals surface area (Å²) in [6.07, 6.45) is 0.648. The molecule has 0 unspecified atom stereocenters. The van der Waals surface area contributed by atoms with Crippen molar-refractivity contribution in [3.63, 3.8) is 0 Å². The number of aryl methyl sites for hydroxylation is 2. The first-order valence-corrected chi connectivity index (χ1v) is 12.3. The third-order valence-electron chi connectivity index (χ3n) is 5.91. The van der Waals surface area contributed by atoms with Crippen LogP contribution >= 0.6 is 11.8 Å². The Hall–Kier alpha value is -3.84. The summed E-state index contributed by atoms with van der Waals surface area (Å²) in [5, 5.41) is 3.80. The molecule has 0 saturated carbocycles. The maximum absolute atomic E-state index is 12.9. The van der Waals surface area contributed by atoms with Crippen molar-refractivity contribution < 1.29 is 14.3 Å². The first-order valence-electron chi connectivity index (χ1n) is 11.3. The van der Waals surface area contributed by atoms with Crippen LogP contribution in [0, 0.1) is 13.8 Å². The van der Waals surface area contributed by atoms with Gasteiger partial charge >= 0.3 is 0 Å². The molecule has 0 atom stereocenters. The average molecular weight is 484 g/mol. The number of hydrogen-bond donors (Lipinski definition) is 1. The van der Waals surface area contributed by atoms with Gasteiger partial charge in [-0.25, -0.2) is 4.98 Å². The summed E-state index contributed by atoms with van der Waals surface area (Å²) in [7, 11) is 1.63. The van der Waals surface area contributed by atoms with Gasteiger partial charge < -0.3 is 14.8 Å². The van der Waals surface area contributed by atoms with Crippen molar-refractivity contribution in [2.24, 2.45) is 0 Å². The highest BCUT2D eigenvalue weighted by Gasteiger charge is 2.24. The van der Waals surface area contributed by atoms with Crippen molar-refractivity contribution in [3.05, 3.63) is 89.0 Å². The van der Waals surface area contributed by atoms with E-state index in [4.69, 9.17) is 19.4 Å². The number of methoxy groups -OCH3 is 1. The number of carbonyl (C=O) groups is 1. The molecule has 1 amide bonds. The Kier molecular flexibility index (Phi) is 6.42. The van der Waals surface area contributed by atoms with E-state index in [2.05, 4.69) is 5.32 Å². The van der Waals surface area contributed by atoms with Crippen molar-refractivity contribution in [2.45, 2.75) is 25.3 Å². The van der Waals surface area contributed by atoms with Crippen LogP contribution in [0.2, 0.25) is 0 Å². The van der Waals surface area contributed by atoms with E-state index in [9.17, 15) is 4.79 Å². The highest BCUT2D eigenvalue weighted by Crippen LogP contribution is 2.40. The first-order chi connectivity index (χ1) is 17.0. The number of para-hydroxylation sites is 2. The quantitative estimate of drug-likeness (QED) is 0.229. The smallest absolute Gasteiger partial charge is 0.234 e. The lowest BCUT2D eigenvalue weighted by atomic mass is 10.0. The fourth-order valence-corrected chi connectivity index (χ4v) is 4.86. The van der Waals surface area contributed by atoms with Crippen LogP contribution in [0.25, 0.3) is 11.4 Å². The molecular formula is C28H25N3O3S. The normalized spacial score (nSPS) is 11.7. The van der Waals surface area contributed by atoms with Crippen LogP contribution in [0.5, 0.6) is 17.4 Å². The van der Waals surface area contributed by atoms with Crippen LogP contribution in [0.3, 0.4) is 0 Å². The number of benzene rings is 3. The van der Waals surface area contributed by atoms with Crippen molar-refractivity contribution in [3.8, 4) is 28.8 Å². The number of carbonyl (C=O) groups excluding carboxylic acids is 1. The van der Waals surface area contributed by atoms with E-state index < -0.39 is 0 Å². The van der Waals surface area contributed by atoms with Gasteiger partial charge in [0.1, 0.15) is 16.5 Å². The van der Waals surface area contributed by atoms with Crippen molar-refractivity contribution in [2.75, 3.05) is 18.2 Å². The molecule has 7 heteroatoms. The summed E-state index contributed by atoms with van der Waals surface area (Å²) in [6.45, 7) is 3.99. The summed E-state index contributed by atoms with van der Waals surface area (Å²) < 4.78 is 11.4. The fraction of sp³-hybridized carbons (Fsp3) is 0.179. The van der Waals surface area contributed by atoms with Gasteiger partial charge in [0.25, 0.3) is 0 Å². The fourth-order valence-electron chi connectivity index (χ4n) is 4.03. The van der Waals surface area contributed by atoms with Crippen molar-refractivity contribution in [1.29, 1.82) is 0 Å². The maximum atomic E-state index is 12.9. The van der Waals surface area contributed by atoms with Gasteiger partial charge in [0.05, 0.1) is 18.4 Å². The molecule has 176 valence electrons. The van der Waals surface area contributed by atoms with Crippen LogP contribution in [0.15, 0.2) is 71.8 Å². The third kappa shape index (κ3) is 4.86. The predicted octanol–water partition coefficient (Wildman–Crippen LogP) is 6.20. The standard InChI is InChI=1S/C28H25N3O3S/c1-17-7-6-8-18(2)25(17)29-24(32)16-35-28-22-15-20-9-4-5-10-23(20)34-27(22)30-26(31-28)19-11-13-21(33-3)14-12-19/h4-14H,15-16H2,1-3H3,(H,29,32). The van der Waals surface area contributed by atoms with E-state index in [1.807, 2.05) is 80.6 Å². The lowest BCUT2D eigenvalue weighted by Crippen LogP contribution is -2.16. The minimum atomic E-state index is -0.0807. The number of amides is 1. The van der Waals surface area contributed by atoms with Crippen LogP contribution in [0.1, 0.15) is 22.3 Å². The third-order valence-corrected chi connectivity index (χ3v) is 6.93. The van der Waals surface area contributed by atoms with Crippen LogP contribution < -0.4 is 14.8 Å². The summed E-state index contributed by atoms with van der Waals surface area (Å²) in [6, 6.07) is 21.5. The highest BCUT2D eigenvalue weighted by molar-refractivity contribution is 8.00. The molecule has 2 heterocycles. The Labute approximate surface area is 208 Å². The van der Waals surface area contributed by atoms with Gasteiger partial charge in [-0.1, -0.05) is 48.2 Å². The number of rotatable bonds is 6. The molecule has 0 fully saturated rings. The number of nitrogens with zero attached hydrogens (tertiary/aromatic N) is 2. The molecule has 35 heavy (non-hydrogen) atoms. The second-order valence-electron chi connectivity index (χ2n) is 8.35. The summed E-state index contributed by atoms with van der Waals surface area (Å²) >= 11 is 1.40. The second kappa shape index (κ2) is 9.80. The zero-order chi connectivity index (χ0) is 24.4. The molecule has 1 aliphatic rings. The molecule has 0 spiro atoms. The molecule has 0 aliphatic carbocycles. The number of nitrogens with one attached hydrogen (secondary N) is 1. The van der Waals surface area contributed by atoms with Gasteiger partial charge in [-0.05, 0) is 60.9 Å². The number of aromatic nitrogens is 2. The lowest BCUT2D eigenvalue weighted by molar-refractivity contribution is -0.113. The van der Waals surface area contributed by atoms with Gasteiger partial charge in [0.15, 0.2) is 5.82 Å². The lowest BCUT2D eigenvalue weighted by Gasteiger charge is -2.21. The number of hydrogen-bond acceptors (Lipinski definition) is 6. The molecule has 4 aromatic rings. The Bertz CT molecular complexity index is 1380. The van der Waals surface area contributed by atoms with E-state index in [-0.39, 0.29) is 11.7 Å². The highest BCUT2D eigenvalue weighted by atomic mass is 32.2. The maximum Gasteiger partial charge on any atom is 0.234 e. The van der Waals surface area contributed by atoms with E-state index in [1.54, 1.807) is 7.11 Å². The van der Waals surface area contributed by atoms with Crippen molar-refractivity contribution >= 4 is 23.4 Å². The summed E-state index contributed by atoms with van der Waals surface area (Å²) in [5.41, 5.74) is 5.74. The molecule has 6 nitrogen and oxygen atoms in total. The number of thioether (sulfide) groups is 1. The van der Waals surface area contributed by atoms with Crippen molar-refractivity contribution in [1.82, 2.24) is 9.97 Å². The molecular weight excluding hydrogens is 458 g/mol. The zero-order valence-corrected chi connectivity index (χ0v) is 20.6. The Morgan fingerprint density at radius 2 is 1.74 bits per heavy atom. The molecule has 1 aliphatic heterocycles. The minimum Gasteiger partial charge on any atom is -0.497 e. The molecule has 5 rings (SSSR count). The Morgan fingerprint density at radius 1 is 1.00 bits per heavy atom. The summed E-state index contributed by atoms with van der Waals surface area (Å²) in [4.78, 5) is 22.4. The number of fused-ring (bicyclic) bond motifs is 2. The molecule has 3 aromatic carbocycles. The molecule has 0 saturated heterocycles. The molecule has 1 aromatic heterocycles. The zero-order valence-electron chi connectivity index (χ0n) is 19.8. The van der Waals surface area contributed by atoms with E-state index in [1.165, 1.54) is 11.8 Å². The van der Waals surface area contributed by atoms with Gasteiger partial charge in [-0.15, -0.1) is 0 Å². The van der Waals surface area contributed by atoms with Gasteiger partial charge in [0, 0.05) is 17.7 Å². The first kappa shape index (κ1) is 22.9. The van der Waals surface area contributed by atoms with Gasteiger partial charge in [-0.3, -0.25) is 4.79 Å². The van der Waals surface area contributed by atoms with Crippen LogP contribution in [-0.2, 0) is 11.2 Å². The predicted molar refractivity (Wildman–Crippen MR) is 139 cm³/mol. The number of ether oxygens (including phenoxy) is 2. The largest absolute Gasteiger partial charge is 0.497 e. The molecule has 1 N–H and O–H groups in total. The second-order valence-corrected chi connectivity index (χ2v) is 9.32. The van der Waals surface area contributed by atoms with Crippen LogP contribution in [-0.4, -0.2) is 28.7 Å². The van der Waals surface area contributed by atoms with E-state index in [0.717, 1.165) is 50.0 Å².